The molecule has 0 aromatic heterocycles. The summed E-state index contributed by atoms with van der Waals surface area (Å²) in [5.41, 5.74) is 0.544. The third-order valence-electron chi connectivity index (χ3n) is 3.45. The normalized spacial score (nSPS) is 10.5. The molecule has 0 amide bonds. The van der Waals surface area contributed by atoms with Crippen molar-refractivity contribution in [3.63, 3.8) is 0 Å². The lowest BCUT2D eigenvalue weighted by Crippen LogP contribution is -2.23. The van der Waals surface area contributed by atoms with Crippen LogP contribution in [0.1, 0.15) is 18.9 Å². The van der Waals surface area contributed by atoms with Gasteiger partial charge in [0.15, 0.2) is 5.79 Å². The summed E-state index contributed by atoms with van der Waals surface area (Å²) in [5, 5.41) is 18.7. The number of hydrogen-bond acceptors (Lipinski definition) is 3. The van der Waals surface area contributed by atoms with E-state index in [0.29, 0.717) is 12.0 Å². The minimum absolute atomic E-state index is 0.303. The molecule has 3 aromatic rings. The van der Waals surface area contributed by atoms with E-state index in [1.165, 1.54) is 0 Å². The maximum Gasteiger partial charge on any atom is 0.189 e. The number of ether oxygens (including phenoxy) is 1. The van der Waals surface area contributed by atoms with E-state index in [1.54, 1.807) is 31.2 Å². The smallest absolute Gasteiger partial charge is 0.189 e. The lowest BCUT2D eigenvalue weighted by atomic mass is 10.0. The second kappa shape index (κ2) is 8.87. The van der Waals surface area contributed by atoms with Crippen LogP contribution < -0.4 is 4.74 Å². The van der Waals surface area contributed by atoms with Crippen LogP contribution in [-0.2, 0) is 5.79 Å². The molecule has 0 radical (unpaired) electrons. The Morgan fingerprint density at radius 3 is 1.42 bits per heavy atom. The van der Waals surface area contributed by atoms with Crippen LogP contribution in [0.15, 0.2) is 91.0 Å². The van der Waals surface area contributed by atoms with Gasteiger partial charge in [-0.25, -0.2) is 0 Å². The molecule has 0 fully saturated rings. The third-order valence-corrected chi connectivity index (χ3v) is 3.45. The number of benzene rings is 3. The van der Waals surface area contributed by atoms with E-state index in [-0.39, 0.29) is 0 Å². The molecule has 0 aliphatic heterocycles. The summed E-state index contributed by atoms with van der Waals surface area (Å²) in [6.07, 6.45) is 0.303. The highest BCUT2D eigenvalue weighted by molar-refractivity contribution is 5.30. The molecule has 3 rings (SSSR count). The van der Waals surface area contributed by atoms with E-state index in [0.717, 1.165) is 11.5 Å². The summed E-state index contributed by atoms with van der Waals surface area (Å²) >= 11 is 0. The molecule has 3 aromatic carbocycles. The first-order valence-electron chi connectivity index (χ1n) is 7.90. The maximum absolute atomic E-state index is 9.35. The van der Waals surface area contributed by atoms with Gasteiger partial charge in [-0.1, -0.05) is 73.7 Å². The van der Waals surface area contributed by atoms with Crippen LogP contribution in [0.4, 0.5) is 0 Å². The molecule has 124 valence electrons. The van der Waals surface area contributed by atoms with Gasteiger partial charge in [-0.05, 0) is 24.3 Å². The number of para-hydroxylation sites is 2. The minimum atomic E-state index is -1.67. The Morgan fingerprint density at radius 2 is 1.04 bits per heavy atom. The predicted molar refractivity (Wildman–Crippen MR) is 95.8 cm³/mol. The summed E-state index contributed by atoms with van der Waals surface area (Å²) < 4.78 is 5.58. The number of hydrogen-bond donors (Lipinski definition) is 2. The largest absolute Gasteiger partial charge is 0.457 e. The Bertz CT molecular complexity index is 657. The van der Waals surface area contributed by atoms with Gasteiger partial charge in [0, 0.05) is 12.0 Å². The van der Waals surface area contributed by atoms with Crippen molar-refractivity contribution >= 4 is 0 Å². The Hall–Kier alpha value is -2.62. The standard InChI is InChI=1S/C12H10O.C9H12O2/c1-3-7-11(8-4-1)13-12-9-5-2-6-10-12;1-2-9(10,11)8-6-4-3-5-7-8/h1-10H;3-7,10-11H,2H2,1H3. The van der Waals surface area contributed by atoms with Crippen LogP contribution in [0.2, 0.25) is 0 Å². The fourth-order valence-corrected chi connectivity index (χ4v) is 2.02. The third kappa shape index (κ3) is 5.54. The van der Waals surface area contributed by atoms with Crippen LogP contribution in [0.3, 0.4) is 0 Å². The van der Waals surface area contributed by atoms with Crippen LogP contribution in [0, 0.1) is 0 Å². The second-order valence-electron chi connectivity index (χ2n) is 5.26. The van der Waals surface area contributed by atoms with Crippen molar-refractivity contribution in [2.24, 2.45) is 0 Å². The fourth-order valence-electron chi connectivity index (χ4n) is 2.02. The predicted octanol–water partition coefficient (Wildman–Crippen LogP) is 4.71. The molecule has 0 aliphatic carbocycles. The van der Waals surface area contributed by atoms with E-state index in [9.17, 15) is 10.2 Å². The Kier molecular flexibility index (Phi) is 6.55. The molecule has 0 spiro atoms. The van der Waals surface area contributed by atoms with Crippen molar-refractivity contribution in [1.82, 2.24) is 0 Å². The molecule has 0 bridgehead atoms. The lowest BCUT2D eigenvalue weighted by Gasteiger charge is -2.19. The summed E-state index contributed by atoms with van der Waals surface area (Å²) in [6.45, 7) is 1.73. The first-order chi connectivity index (χ1) is 11.6. The zero-order valence-electron chi connectivity index (χ0n) is 13.7. The molecule has 0 saturated carbocycles. The fraction of sp³-hybridized carbons (Fsp3) is 0.143. The highest BCUT2D eigenvalue weighted by Crippen LogP contribution is 2.20. The van der Waals surface area contributed by atoms with Gasteiger partial charge in [-0.2, -0.15) is 0 Å². The van der Waals surface area contributed by atoms with E-state index >= 15 is 0 Å². The molecule has 3 nitrogen and oxygen atoms in total. The highest BCUT2D eigenvalue weighted by Gasteiger charge is 2.21. The molecule has 3 heteroatoms. The summed E-state index contributed by atoms with van der Waals surface area (Å²) in [4.78, 5) is 0. The van der Waals surface area contributed by atoms with E-state index in [4.69, 9.17) is 4.74 Å². The van der Waals surface area contributed by atoms with Crippen molar-refractivity contribution in [3.8, 4) is 11.5 Å². The van der Waals surface area contributed by atoms with Gasteiger partial charge in [0.05, 0.1) is 0 Å². The topological polar surface area (TPSA) is 49.7 Å². The van der Waals surface area contributed by atoms with Crippen molar-refractivity contribution in [2.75, 3.05) is 0 Å². The monoisotopic (exact) mass is 322 g/mol. The van der Waals surface area contributed by atoms with Crippen LogP contribution >= 0.6 is 0 Å². The van der Waals surface area contributed by atoms with Crippen LogP contribution in [-0.4, -0.2) is 10.2 Å². The van der Waals surface area contributed by atoms with Gasteiger partial charge in [0.1, 0.15) is 11.5 Å². The van der Waals surface area contributed by atoms with Gasteiger partial charge in [-0.3, -0.25) is 0 Å². The molecule has 24 heavy (non-hydrogen) atoms. The molecular formula is C21H22O3. The van der Waals surface area contributed by atoms with Crippen molar-refractivity contribution in [1.29, 1.82) is 0 Å². The SMILES string of the molecule is CCC(O)(O)c1ccccc1.c1ccc(Oc2ccccc2)cc1. The zero-order valence-corrected chi connectivity index (χ0v) is 13.7. The molecule has 0 saturated heterocycles. The van der Waals surface area contributed by atoms with Gasteiger partial charge in [0.2, 0.25) is 0 Å². The Balaban J connectivity index is 0.000000177. The summed E-state index contributed by atoms with van der Waals surface area (Å²) in [5.74, 6) is 0.0729. The average Bonchev–Trinajstić information content (AvgIpc) is 2.65. The molecular weight excluding hydrogens is 300 g/mol. The average molecular weight is 322 g/mol. The lowest BCUT2D eigenvalue weighted by molar-refractivity contribution is -0.171. The highest BCUT2D eigenvalue weighted by atomic mass is 16.5. The van der Waals surface area contributed by atoms with Crippen molar-refractivity contribution < 1.29 is 14.9 Å². The summed E-state index contributed by atoms with van der Waals surface area (Å²) in [7, 11) is 0. The molecule has 0 aliphatic rings. The van der Waals surface area contributed by atoms with Crippen molar-refractivity contribution in [2.45, 2.75) is 19.1 Å². The Labute approximate surface area is 142 Å². The van der Waals surface area contributed by atoms with E-state index in [2.05, 4.69) is 0 Å². The molecule has 2 N–H and O–H groups in total. The number of rotatable bonds is 4. The Morgan fingerprint density at radius 1 is 0.667 bits per heavy atom. The van der Waals surface area contributed by atoms with Crippen molar-refractivity contribution in [3.05, 3.63) is 96.6 Å². The summed E-state index contributed by atoms with van der Waals surface area (Å²) in [6, 6.07) is 28.3. The molecule has 0 heterocycles. The van der Waals surface area contributed by atoms with E-state index in [1.807, 2.05) is 66.7 Å². The molecule has 0 unspecified atom stereocenters. The van der Waals surface area contributed by atoms with Crippen LogP contribution in [0.25, 0.3) is 0 Å². The van der Waals surface area contributed by atoms with Gasteiger partial charge < -0.3 is 14.9 Å². The minimum Gasteiger partial charge on any atom is -0.457 e. The molecule has 0 atom stereocenters. The van der Waals surface area contributed by atoms with Crippen LogP contribution in [0.5, 0.6) is 11.5 Å². The first-order valence-corrected chi connectivity index (χ1v) is 7.90. The first kappa shape index (κ1) is 17.7. The van der Waals surface area contributed by atoms with Gasteiger partial charge in [-0.15, -0.1) is 0 Å². The zero-order chi connectivity index (χ0) is 17.3. The van der Waals surface area contributed by atoms with E-state index < -0.39 is 5.79 Å². The van der Waals surface area contributed by atoms with Gasteiger partial charge >= 0.3 is 0 Å². The maximum atomic E-state index is 9.35. The number of aliphatic hydroxyl groups is 2. The quantitative estimate of drug-likeness (QED) is 0.684. The van der Waals surface area contributed by atoms with Gasteiger partial charge in [0.25, 0.3) is 0 Å². The second-order valence-corrected chi connectivity index (χ2v) is 5.26.